The lowest BCUT2D eigenvalue weighted by Gasteiger charge is -2.44. The number of esters is 1. The second-order valence-electron chi connectivity index (χ2n) is 13.2. The van der Waals surface area contributed by atoms with Gasteiger partial charge in [-0.3, -0.25) is 14.3 Å². The van der Waals surface area contributed by atoms with E-state index in [0.29, 0.717) is 38.2 Å². The molecule has 2 radical (unpaired) electrons. The molecule has 1 aromatic carbocycles. The number of methoxy groups -OCH3 is 1. The lowest BCUT2D eigenvalue weighted by atomic mass is 9.63. The van der Waals surface area contributed by atoms with Crippen molar-refractivity contribution in [3.05, 3.63) is 30.5 Å². The molecule has 1 aliphatic heterocycles. The maximum absolute atomic E-state index is 13.5. The molecule has 1 fully saturated rings. The van der Waals surface area contributed by atoms with Gasteiger partial charge in [-0.1, -0.05) is 37.6 Å². The topological polar surface area (TPSA) is 143 Å². The van der Waals surface area contributed by atoms with Crippen LogP contribution < -0.4 is 16.4 Å². The Morgan fingerprint density at radius 3 is 2.66 bits per heavy atom. The number of nitrogens with zero attached hydrogens (tertiary/aromatic N) is 3. The fourth-order valence-electron chi connectivity index (χ4n) is 6.58. The Kier molecular flexibility index (Phi) is 13.9. The molecular formula is C35H53BN6O5. The van der Waals surface area contributed by atoms with Gasteiger partial charge in [-0.05, 0) is 90.8 Å². The van der Waals surface area contributed by atoms with Gasteiger partial charge in [-0.15, -0.1) is 5.10 Å². The van der Waals surface area contributed by atoms with E-state index in [1.807, 2.05) is 55.9 Å². The van der Waals surface area contributed by atoms with E-state index in [1.54, 1.807) is 21.0 Å². The maximum Gasteiger partial charge on any atom is 0.316 e. The highest BCUT2D eigenvalue weighted by Gasteiger charge is 2.49. The second-order valence-corrected chi connectivity index (χ2v) is 13.2. The maximum atomic E-state index is 13.5. The molecule has 0 bridgehead atoms. The third-order valence-corrected chi connectivity index (χ3v) is 9.82. The van der Waals surface area contributed by atoms with Crippen molar-refractivity contribution >= 4 is 25.3 Å². The summed E-state index contributed by atoms with van der Waals surface area (Å²) < 4.78 is 19.7. The standard InChI is InChI=1S/C35H53BN6O5/c1-9-29-35(7,46-10-2)32(39-18-11-12-20-42-22-28(40-41-42)26-15-13-16-27(37)21-26)25(5)38-19-14-17-34(6,45-8)31(36)23(3)30(43)24(4)33(44)47-29/h2,13,15-16,21-25,29,31-32,38-39H,9,11-12,14,17-20,37H2,1,3-8H3/t23-,24+,25-,29+,31+,32+,34+,35+/m0/s1. The van der Waals surface area contributed by atoms with Crippen LogP contribution in [-0.4, -0.2) is 84.2 Å². The number of hydrogen-bond donors (Lipinski definition) is 3. The molecule has 0 spiro atoms. The van der Waals surface area contributed by atoms with Gasteiger partial charge in [0.05, 0.1) is 25.7 Å². The van der Waals surface area contributed by atoms with Crippen molar-refractivity contribution in [3.63, 3.8) is 0 Å². The van der Waals surface area contributed by atoms with Crippen LogP contribution in [0.5, 0.6) is 0 Å². The highest BCUT2D eigenvalue weighted by atomic mass is 16.6. The van der Waals surface area contributed by atoms with E-state index < -0.39 is 40.9 Å². The van der Waals surface area contributed by atoms with Gasteiger partial charge in [0, 0.05) is 36.9 Å². The number of aromatic nitrogens is 3. The van der Waals surface area contributed by atoms with Crippen molar-refractivity contribution in [3.8, 4) is 23.8 Å². The Morgan fingerprint density at radius 2 is 2.00 bits per heavy atom. The first-order chi connectivity index (χ1) is 22.3. The fourth-order valence-corrected chi connectivity index (χ4v) is 6.58. The zero-order valence-corrected chi connectivity index (χ0v) is 29.1. The number of carbonyl (C=O) groups excluding carboxylic acids is 2. The number of Topliss-reactive ketones (excluding diaryl/α,β-unsaturated/α-hetero) is 1. The summed E-state index contributed by atoms with van der Waals surface area (Å²) in [7, 11) is 8.20. The number of nitrogens with two attached hydrogens (primary N) is 1. The molecule has 0 saturated carbocycles. The minimum Gasteiger partial charge on any atom is -0.457 e. The molecule has 12 heteroatoms. The molecule has 11 nitrogen and oxygen atoms in total. The Hall–Kier alpha value is -3.40. The lowest BCUT2D eigenvalue weighted by molar-refractivity contribution is -0.173. The van der Waals surface area contributed by atoms with E-state index >= 15 is 0 Å². The number of cyclic esters (lactones) is 1. The fraction of sp³-hybridized carbons (Fsp3) is 0.657. The van der Waals surface area contributed by atoms with Gasteiger partial charge in [0.15, 0.2) is 5.60 Å². The van der Waals surface area contributed by atoms with Gasteiger partial charge in [-0.25, -0.2) is 0 Å². The highest BCUT2D eigenvalue weighted by Crippen LogP contribution is 2.37. The van der Waals surface area contributed by atoms with Crippen LogP contribution in [0.4, 0.5) is 5.69 Å². The van der Waals surface area contributed by atoms with Gasteiger partial charge in [-0.2, -0.15) is 0 Å². The SMILES string of the molecule is [B][C@@H]1[C@@H](C)C(=O)[C@@H](C)C(=O)O[C@H](CC)[C@@](C)(OC#C)[C@H](NCCCCn2cc(-c3cccc(N)c3)nn2)[C@H](C)NCCC[C@@]1(C)OC. The predicted octanol–water partition coefficient (Wildman–Crippen LogP) is 3.93. The summed E-state index contributed by atoms with van der Waals surface area (Å²) in [5.41, 5.74) is 6.42. The first kappa shape index (κ1) is 38.1. The first-order valence-electron chi connectivity index (χ1n) is 16.7. The lowest BCUT2D eigenvalue weighted by Crippen LogP contribution is -2.65. The summed E-state index contributed by atoms with van der Waals surface area (Å²) in [5, 5.41) is 15.9. The van der Waals surface area contributed by atoms with Crippen LogP contribution in [0.15, 0.2) is 30.5 Å². The van der Waals surface area contributed by atoms with Crippen LogP contribution in [0, 0.1) is 24.4 Å². The van der Waals surface area contributed by atoms with Gasteiger partial charge in [0.1, 0.15) is 29.6 Å². The quantitative estimate of drug-likeness (QED) is 0.0867. The van der Waals surface area contributed by atoms with E-state index in [-0.39, 0.29) is 17.9 Å². The summed E-state index contributed by atoms with van der Waals surface area (Å²) in [4.78, 5) is 26.9. The summed E-state index contributed by atoms with van der Waals surface area (Å²) >= 11 is 0. The third-order valence-electron chi connectivity index (χ3n) is 9.82. The smallest absolute Gasteiger partial charge is 0.316 e. The number of carbonyl (C=O) groups is 2. The molecule has 0 amide bonds. The number of ether oxygens (including phenoxy) is 3. The van der Waals surface area contributed by atoms with Crippen molar-refractivity contribution in [2.45, 2.75) is 115 Å². The van der Waals surface area contributed by atoms with Crippen LogP contribution in [0.25, 0.3) is 11.3 Å². The zero-order chi connectivity index (χ0) is 34.8. The van der Waals surface area contributed by atoms with Gasteiger partial charge in [0.25, 0.3) is 0 Å². The predicted molar refractivity (Wildman–Crippen MR) is 184 cm³/mol. The van der Waals surface area contributed by atoms with Crippen molar-refractivity contribution < 1.29 is 23.8 Å². The molecule has 256 valence electrons. The molecule has 1 aromatic heterocycles. The molecule has 2 aromatic rings. The van der Waals surface area contributed by atoms with Crippen molar-refractivity contribution in [1.29, 1.82) is 0 Å². The van der Waals surface area contributed by atoms with Crippen LogP contribution in [0.2, 0.25) is 5.82 Å². The van der Waals surface area contributed by atoms with Crippen LogP contribution in [0.3, 0.4) is 0 Å². The molecule has 1 saturated heterocycles. The summed E-state index contributed by atoms with van der Waals surface area (Å²) in [6.07, 6.45) is 12.7. The number of rotatable bonds is 10. The van der Waals surface area contributed by atoms with Crippen molar-refractivity contribution in [2.24, 2.45) is 11.8 Å². The molecule has 8 atom stereocenters. The van der Waals surface area contributed by atoms with Crippen molar-refractivity contribution in [1.82, 2.24) is 25.6 Å². The highest BCUT2D eigenvalue weighted by molar-refractivity contribution is 6.15. The third kappa shape index (κ3) is 9.37. The summed E-state index contributed by atoms with van der Waals surface area (Å²) in [6.45, 7) is 13.1. The largest absolute Gasteiger partial charge is 0.457 e. The van der Waals surface area contributed by atoms with Crippen LogP contribution >= 0.6 is 0 Å². The number of ketones is 1. The Labute approximate surface area is 281 Å². The molecule has 4 N–H and O–H groups in total. The van der Waals surface area contributed by atoms with Gasteiger partial charge < -0.3 is 30.6 Å². The van der Waals surface area contributed by atoms with Gasteiger partial charge >= 0.3 is 5.97 Å². The first-order valence-corrected chi connectivity index (χ1v) is 16.7. The Balaban J connectivity index is 1.78. The molecule has 0 unspecified atom stereocenters. The number of nitrogens with one attached hydrogen (secondary N) is 2. The van der Waals surface area contributed by atoms with Crippen LogP contribution in [0.1, 0.15) is 73.6 Å². The van der Waals surface area contributed by atoms with E-state index in [9.17, 15) is 9.59 Å². The normalized spacial score (nSPS) is 31.3. The number of nitrogen functional groups attached to an aromatic ring is 1. The Morgan fingerprint density at radius 1 is 1.26 bits per heavy atom. The number of unbranched alkanes of at least 4 members (excludes halogenated alkanes) is 1. The summed E-state index contributed by atoms with van der Waals surface area (Å²) in [6, 6.07) is 7.07. The van der Waals surface area contributed by atoms with E-state index in [1.165, 1.54) is 0 Å². The molecule has 47 heavy (non-hydrogen) atoms. The molecule has 0 aliphatic carbocycles. The van der Waals surface area contributed by atoms with E-state index in [0.717, 1.165) is 30.5 Å². The summed E-state index contributed by atoms with van der Waals surface area (Å²) in [5.74, 6) is -3.17. The average Bonchev–Trinajstić information content (AvgIpc) is 3.54. The van der Waals surface area contributed by atoms with Crippen molar-refractivity contribution in [2.75, 3.05) is 25.9 Å². The number of aryl methyl sites for hydroxylation is 1. The minimum absolute atomic E-state index is 0.136. The molecule has 2 heterocycles. The monoisotopic (exact) mass is 648 g/mol. The zero-order valence-electron chi connectivity index (χ0n) is 29.1. The van der Waals surface area contributed by atoms with E-state index in [4.69, 9.17) is 34.2 Å². The molecular weight excluding hydrogens is 595 g/mol. The van der Waals surface area contributed by atoms with Gasteiger partial charge in [0.2, 0.25) is 0 Å². The second kappa shape index (κ2) is 17.1. The van der Waals surface area contributed by atoms with E-state index in [2.05, 4.69) is 34.0 Å². The number of hydrogen-bond acceptors (Lipinski definition) is 10. The van der Waals surface area contributed by atoms with Crippen LogP contribution in [-0.2, 0) is 30.3 Å². The number of anilines is 1. The molecule has 3 rings (SSSR count). The average molecular weight is 649 g/mol. The number of benzene rings is 1. The Bertz CT molecular complexity index is 1370. The minimum atomic E-state index is -1.12. The molecule has 1 aliphatic rings. The number of terminal acetylenes is 1.